The molecule has 1 aromatic carbocycles. The lowest BCUT2D eigenvalue weighted by molar-refractivity contribution is -0.384. The third kappa shape index (κ3) is 4.45. The van der Waals surface area contributed by atoms with Crippen molar-refractivity contribution in [1.29, 1.82) is 0 Å². The zero-order valence-electron chi connectivity index (χ0n) is 11.4. The van der Waals surface area contributed by atoms with Crippen molar-refractivity contribution >= 4 is 34.9 Å². The molecule has 1 atom stereocenters. The molecule has 1 unspecified atom stereocenters. The highest BCUT2D eigenvalue weighted by Crippen LogP contribution is 2.37. The van der Waals surface area contributed by atoms with Gasteiger partial charge >= 0.3 is 5.97 Å². The van der Waals surface area contributed by atoms with E-state index < -0.39 is 16.4 Å². The number of nitrogens with zero attached hydrogens (tertiary/aromatic N) is 1. The summed E-state index contributed by atoms with van der Waals surface area (Å²) in [7, 11) is 0. The SMILES string of the molecule is CCOC(=O)C(C)(N)COc1c(Cl)cc([N+](=O)[O-])cc1Cl. The molecule has 0 aliphatic heterocycles. The second-order valence-corrected chi connectivity index (χ2v) is 5.24. The van der Waals surface area contributed by atoms with Crippen LogP contribution in [-0.2, 0) is 9.53 Å². The summed E-state index contributed by atoms with van der Waals surface area (Å²) in [4.78, 5) is 21.6. The summed E-state index contributed by atoms with van der Waals surface area (Å²) in [5.41, 5.74) is 4.11. The summed E-state index contributed by atoms with van der Waals surface area (Å²) in [5, 5.41) is 10.6. The van der Waals surface area contributed by atoms with Gasteiger partial charge in [-0.05, 0) is 13.8 Å². The van der Waals surface area contributed by atoms with Gasteiger partial charge in [0, 0.05) is 12.1 Å². The maximum Gasteiger partial charge on any atom is 0.329 e. The predicted molar refractivity (Wildman–Crippen MR) is 77.8 cm³/mol. The molecule has 116 valence electrons. The zero-order chi connectivity index (χ0) is 16.2. The van der Waals surface area contributed by atoms with Crippen molar-refractivity contribution in [3.05, 3.63) is 32.3 Å². The fourth-order valence-corrected chi connectivity index (χ4v) is 1.95. The molecule has 21 heavy (non-hydrogen) atoms. The quantitative estimate of drug-likeness (QED) is 0.486. The summed E-state index contributed by atoms with van der Waals surface area (Å²) in [6, 6.07) is 2.20. The minimum absolute atomic E-state index is 0.0184. The molecule has 0 radical (unpaired) electrons. The molecule has 7 nitrogen and oxygen atoms in total. The number of nitrogens with two attached hydrogens (primary N) is 1. The van der Waals surface area contributed by atoms with Gasteiger partial charge in [-0.25, -0.2) is 4.79 Å². The van der Waals surface area contributed by atoms with Gasteiger partial charge in [-0.2, -0.15) is 0 Å². The van der Waals surface area contributed by atoms with Crippen LogP contribution in [0.15, 0.2) is 12.1 Å². The number of hydrogen-bond acceptors (Lipinski definition) is 6. The van der Waals surface area contributed by atoms with Gasteiger partial charge in [0.1, 0.15) is 12.1 Å². The zero-order valence-corrected chi connectivity index (χ0v) is 12.9. The molecule has 0 amide bonds. The number of carbonyl (C=O) groups is 1. The minimum Gasteiger partial charge on any atom is -0.488 e. The van der Waals surface area contributed by atoms with Crippen LogP contribution in [0.25, 0.3) is 0 Å². The normalized spacial score (nSPS) is 13.4. The smallest absolute Gasteiger partial charge is 0.329 e. The van der Waals surface area contributed by atoms with Crippen LogP contribution in [0.3, 0.4) is 0 Å². The van der Waals surface area contributed by atoms with E-state index in [4.69, 9.17) is 38.4 Å². The van der Waals surface area contributed by atoms with E-state index in [1.807, 2.05) is 0 Å². The van der Waals surface area contributed by atoms with E-state index in [9.17, 15) is 14.9 Å². The topological polar surface area (TPSA) is 105 Å². The molecule has 9 heteroatoms. The average Bonchev–Trinajstić information content (AvgIpc) is 2.37. The number of halogens is 2. The van der Waals surface area contributed by atoms with Crippen molar-refractivity contribution in [2.75, 3.05) is 13.2 Å². The van der Waals surface area contributed by atoms with Gasteiger partial charge in [-0.15, -0.1) is 0 Å². The fraction of sp³-hybridized carbons (Fsp3) is 0.417. The second kappa shape index (κ2) is 6.93. The monoisotopic (exact) mass is 336 g/mol. The number of hydrogen-bond donors (Lipinski definition) is 1. The number of ether oxygens (including phenoxy) is 2. The first-order valence-electron chi connectivity index (χ1n) is 5.91. The van der Waals surface area contributed by atoms with Crippen molar-refractivity contribution in [1.82, 2.24) is 0 Å². The molecule has 0 bridgehead atoms. The van der Waals surface area contributed by atoms with Crippen LogP contribution >= 0.6 is 23.2 Å². The average molecular weight is 337 g/mol. The van der Waals surface area contributed by atoms with Gasteiger partial charge in [0.05, 0.1) is 21.6 Å². The Labute approximate surface area is 131 Å². The summed E-state index contributed by atoms with van der Waals surface area (Å²) in [5.74, 6) is -0.621. The van der Waals surface area contributed by atoms with Crippen molar-refractivity contribution in [3.63, 3.8) is 0 Å². The Bertz CT molecular complexity index is 540. The molecule has 0 saturated heterocycles. The van der Waals surface area contributed by atoms with E-state index in [1.165, 1.54) is 6.92 Å². The minimum atomic E-state index is -1.40. The Balaban J connectivity index is 2.89. The number of esters is 1. The van der Waals surface area contributed by atoms with E-state index in [0.717, 1.165) is 12.1 Å². The number of rotatable bonds is 6. The van der Waals surface area contributed by atoms with Gasteiger partial charge in [0.25, 0.3) is 5.69 Å². The van der Waals surface area contributed by atoms with E-state index in [2.05, 4.69) is 0 Å². The Morgan fingerprint density at radius 3 is 2.38 bits per heavy atom. The molecule has 1 rings (SSSR count). The van der Waals surface area contributed by atoms with Crippen molar-refractivity contribution in [2.45, 2.75) is 19.4 Å². The van der Waals surface area contributed by atoms with Gasteiger partial charge in [0.15, 0.2) is 5.75 Å². The molecular weight excluding hydrogens is 323 g/mol. The van der Waals surface area contributed by atoms with Gasteiger partial charge in [-0.3, -0.25) is 10.1 Å². The van der Waals surface area contributed by atoms with Crippen LogP contribution in [0.2, 0.25) is 10.0 Å². The Hall–Kier alpha value is -1.57. The highest BCUT2D eigenvalue weighted by Gasteiger charge is 2.32. The fourth-order valence-electron chi connectivity index (χ4n) is 1.37. The van der Waals surface area contributed by atoms with Crippen LogP contribution < -0.4 is 10.5 Å². The van der Waals surface area contributed by atoms with Gasteiger partial charge in [-0.1, -0.05) is 23.2 Å². The van der Waals surface area contributed by atoms with E-state index in [0.29, 0.717) is 0 Å². The van der Waals surface area contributed by atoms with Crippen molar-refractivity contribution in [3.8, 4) is 5.75 Å². The molecule has 0 aliphatic carbocycles. The first kappa shape index (κ1) is 17.5. The summed E-state index contributed by atoms with van der Waals surface area (Å²) in [6.07, 6.45) is 0. The number of nitro benzene ring substituents is 1. The molecule has 0 heterocycles. The number of nitro groups is 1. The summed E-state index contributed by atoms with van der Waals surface area (Å²) in [6.45, 7) is 3.02. The van der Waals surface area contributed by atoms with E-state index in [-0.39, 0.29) is 34.7 Å². The highest BCUT2D eigenvalue weighted by atomic mass is 35.5. The Kier molecular flexibility index (Phi) is 5.77. The Morgan fingerprint density at radius 2 is 1.95 bits per heavy atom. The van der Waals surface area contributed by atoms with Crippen LogP contribution in [0.1, 0.15) is 13.8 Å². The molecule has 0 fully saturated rings. The maximum atomic E-state index is 11.6. The maximum absolute atomic E-state index is 11.6. The lowest BCUT2D eigenvalue weighted by Crippen LogP contribution is -2.51. The summed E-state index contributed by atoms with van der Waals surface area (Å²) < 4.78 is 10.1. The van der Waals surface area contributed by atoms with Crippen LogP contribution in [0, 0.1) is 10.1 Å². The molecular formula is C12H14Cl2N2O5. The number of non-ortho nitro benzene ring substituents is 1. The van der Waals surface area contributed by atoms with Crippen molar-refractivity contribution < 1.29 is 19.2 Å². The van der Waals surface area contributed by atoms with Crippen molar-refractivity contribution in [2.24, 2.45) is 5.73 Å². The van der Waals surface area contributed by atoms with Gasteiger partial charge < -0.3 is 15.2 Å². The highest BCUT2D eigenvalue weighted by molar-refractivity contribution is 6.37. The first-order chi connectivity index (χ1) is 9.69. The molecule has 1 aromatic rings. The largest absolute Gasteiger partial charge is 0.488 e. The lowest BCUT2D eigenvalue weighted by Gasteiger charge is -2.23. The molecule has 0 saturated carbocycles. The molecule has 2 N–H and O–H groups in total. The molecule has 0 aliphatic rings. The second-order valence-electron chi connectivity index (χ2n) is 4.42. The number of carbonyl (C=O) groups excluding carboxylic acids is 1. The van der Waals surface area contributed by atoms with E-state index in [1.54, 1.807) is 6.92 Å². The summed E-state index contributed by atoms with van der Waals surface area (Å²) >= 11 is 11.8. The Morgan fingerprint density at radius 1 is 1.43 bits per heavy atom. The number of benzene rings is 1. The van der Waals surface area contributed by atoms with Crippen LogP contribution in [0.5, 0.6) is 5.75 Å². The van der Waals surface area contributed by atoms with E-state index >= 15 is 0 Å². The predicted octanol–water partition coefficient (Wildman–Crippen LogP) is 2.56. The van der Waals surface area contributed by atoms with Crippen LogP contribution in [-0.4, -0.2) is 29.6 Å². The van der Waals surface area contributed by atoms with Crippen LogP contribution in [0.4, 0.5) is 5.69 Å². The lowest BCUT2D eigenvalue weighted by atomic mass is 10.1. The molecule has 0 spiro atoms. The molecule has 0 aromatic heterocycles. The standard InChI is InChI=1S/C12H14Cl2N2O5/c1-3-20-11(17)12(2,15)6-21-10-8(13)4-7(16(18)19)5-9(10)14/h4-5H,3,6,15H2,1-2H3. The first-order valence-corrected chi connectivity index (χ1v) is 6.67. The third-order valence-corrected chi connectivity index (χ3v) is 3.01. The van der Waals surface area contributed by atoms with Gasteiger partial charge in [0.2, 0.25) is 0 Å². The third-order valence-electron chi connectivity index (χ3n) is 2.45.